The Balaban J connectivity index is 2.11. The number of Topliss-reactive ketones (excluding diaryl/α,β-unsaturated/α-hetero) is 1. The van der Waals surface area contributed by atoms with Crippen LogP contribution >= 0.6 is 63.7 Å². The van der Waals surface area contributed by atoms with E-state index in [9.17, 15) is 40.6 Å². The van der Waals surface area contributed by atoms with Crippen LogP contribution in [0.1, 0.15) is 0 Å². The van der Waals surface area contributed by atoms with E-state index in [2.05, 4.69) is 84.6 Å². The molecule has 1 amide bonds. The van der Waals surface area contributed by atoms with Crippen LogP contribution in [0.15, 0.2) is 62.5 Å². The summed E-state index contributed by atoms with van der Waals surface area (Å²) in [4.78, 5) is 21.7. The summed E-state index contributed by atoms with van der Waals surface area (Å²) < 4.78 is 67.9. The number of amides is 1. The number of phenols is 1. The number of benzene rings is 3. The molecule has 0 saturated heterocycles. The van der Waals surface area contributed by atoms with E-state index in [1.807, 2.05) is 0 Å². The number of carbonyl (C=O) groups excluding carboxylic acids is 2. The van der Waals surface area contributed by atoms with Crippen molar-refractivity contribution in [1.82, 2.24) is 0 Å². The Morgan fingerprint density at radius 1 is 0.833 bits per heavy atom. The molecule has 0 aliphatic rings. The SMILES string of the molecule is O=C(CNc1ccc2c(O)c(N=Nc3cc(NC(=O)C(Br)CBr)ccc3S(=O)(=O)O)c(S(=O)(=O)O)cc2c1)C(Br)CBr. The van der Waals surface area contributed by atoms with Crippen molar-refractivity contribution in [3.8, 4) is 5.75 Å². The van der Waals surface area contributed by atoms with E-state index >= 15 is 0 Å². The molecule has 3 aromatic rings. The van der Waals surface area contributed by atoms with Crippen LogP contribution < -0.4 is 10.6 Å². The lowest BCUT2D eigenvalue weighted by Gasteiger charge is -2.12. The number of anilines is 2. The van der Waals surface area contributed by atoms with Gasteiger partial charge in [-0.15, -0.1) is 10.2 Å². The van der Waals surface area contributed by atoms with Crippen molar-refractivity contribution in [2.75, 3.05) is 27.8 Å². The van der Waals surface area contributed by atoms with Crippen molar-refractivity contribution in [2.24, 2.45) is 10.2 Å². The number of carbonyl (C=O) groups is 2. The molecule has 0 aliphatic carbocycles. The fraction of sp³-hybridized carbons (Fsp3) is 0.217. The number of nitrogens with zero attached hydrogens (tertiary/aromatic N) is 2. The second-order valence-electron chi connectivity index (χ2n) is 8.39. The Morgan fingerprint density at radius 2 is 1.45 bits per heavy atom. The Kier molecular flexibility index (Phi) is 11.7. The van der Waals surface area contributed by atoms with Crippen LogP contribution in [0.5, 0.6) is 5.75 Å². The van der Waals surface area contributed by atoms with Gasteiger partial charge in [-0.25, -0.2) is 0 Å². The minimum absolute atomic E-state index is 0.0571. The van der Waals surface area contributed by atoms with Gasteiger partial charge in [0.2, 0.25) is 5.91 Å². The maximum atomic E-state index is 12.2. The third kappa shape index (κ3) is 8.55. The number of fused-ring (bicyclic) bond motifs is 1. The molecule has 2 atom stereocenters. The minimum Gasteiger partial charge on any atom is -0.505 e. The molecule has 226 valence electrons. The van der Waals surface area contributed by atoms with Gasteiger partial charge in [-0.3, -0.25) is 18.7 Å². The van der Waals surface area contributed by atoms with Gasteiger partial charge in [0.05, 0.1) is 11.4 Å². The summed E-state index contributed by atoms with van der Waals surface area (Å²) in [7, 11) is -9.87. The first kappa shape index (κ1) is 34.5. The van der Waals surface area contributed by atoms with Gasteiger partial charge in [0, 0.05) is 27.4 Å². The third-order valence-corrected chi connectivity index (χ3v) is 11.8. The predicted molar refractivity (Wildman–Crippen MR) is 171 cm³/mol. The van der Waals surface area contributed by atoms with Crippen LogP contribution in [0.4, 0.5) is 22.7 Å². The highest BCUT2D eigenvalue weighted by Crippen LogP contribution is 2.42. The van der Waals surface area contributed by atoms with Gasteiger partial charge in [0.15, 0.2) is 11.5 Å². The lowest BCUT2D eigenvalue weighted by atomic mass is 10.1. The molecular weight excluding hydrogens is 860 g/mol. The van der Waals surface area contributed by atoms with Crippen molar-refractivity contribution in [3.63, 3.8) is 0 Å². The zero-order valence-electron chi connectivity index (χ0n) is 20.8. The van der Waals surface area contributed by atoms with Gasteiger partial charge >= 0.3 is 0 Å². The van der Waals surface area contributed by atoms with Gasteiger partial charge in [-0.05, 0) is 47.9 Å². The highest BCUT2D eigenvalue weighted by atomic mass is 79.9. The monoisotopic (exact) mass is 876 g/mol. The maximum absolute atomic E-state index is 12.2. The number of nitrogens with one attached hydrogen (secondary N) is 2. The molecule has 0 aromatic heterocycles. The highest BCUT2D eigenvalue weighted by molar-refractivity contribution is 9.12. The van der Waals surface area contributed by atoms with E-state index in [4.69, 9.17) is 0 Å². The average Bonchev–Trinajstić information content (AvgIpc) is 2.93. The molecule has 0 radical (unpaired) electrons. The van der Waals surface area contributed by atoms with Crippen LogP contribution in [0.3, 0.4) is 0 Å². The van der Waals surface area contributed by atoms with Crippen LogP contribution in [0.25, 0.3) is 10.8 Å². The quantitative estimate of drug-likeness (QED) is 0.0852. The van der Waals surface area contributed by atoms with E-state index in [1.165, 1.54) is 24.3 Å². The first-order valence-corrected chi connectivity index (χ1v) is 18.3. The zero-order valence-corrected chi connectivity index (χ0v) is 28.8. The van der Waals surface area contributed by atoms with E-state index in [-0.39, 0.29) is 34.1 Å². The second kappa shape index (κ2) is 14.2. The fourth-order valence-corrected chi connectivity index (χ4v) is 5.62. The summed E-state index contributed by atoms with van der Waals surface area (Å²) >= 11 is 12.7. The molecular formula is C23H20Br4N4O9S2. The number of aromatic hydroxyl groups is 1. The number of ketones is 1. The van der Waals surface area contributed by atoms with Gasteiger partial charge in [-0.1, -0.05) is 63.7 Å². The maximum Gasteiger partial charge on any atom is 0.296 e. The van der Waals surface area contributed by atoms with Crippen molar-refractivity contribution < 1.29 is 40.6 Å². The van der Waals surface area contributed by atoms with Crippen molar-refractivity contribution in [2.45, 2.75) is 19.4 Å². The standard InChI is InChI=1S/C23H20Br4N4O9S2/c24-8-15(26)18(32)10-28-12-1-3-14-11(5-12)6-20(42(38,39)40)21(22(14)33)31-30-17-7-13(29-23(34)16(27)9-25)2-4-19(17)41(35,36)37/h1-7,15-16,28,33H,8-10H2,(H,29,34)(H,35,36,37)(H,38,39,40). The lowest BCUT2D eigenvalue weighted by molar-refractivity contribution is -0.116. The summed E-state index contributed by atoms with van der Waals surface area (Å²) in [5.41, 5.74) is -0.775. The lowest BCUT2D eigenvalue weighted by Crippen LogP contribution is -2.23. The largest absolute Gasteiger partial charge is 0.505 e. The number of hydrogen-bond acceptors (Lipinski definition) is 10. The summed E-state index contributed by atoms with van der Waals surface area (Å²) in [6.45, 7) is -0.0571. The van der Waals surface area contributed by atoms with Crippen LogP contribution in [0, 0.1) is 0 Å². The van der Waals surface area contributed by atoms with Crippen LogP contribution in [0.2, 0.25) is 0 Å². The third-order valence-electron chi connectivity index (χ3n) is 5.46. The summed E-state index contributed by atoms with van der Waals surface area (Å²) in [6.07, 6.45) is 0. The van der Waals surface area contributed by atoms with Gasteiger partial charge in [0.1, 0.15) is 26.0 Å². The number of azo groups is 1. The van der Waals surface area contributed by atoms with Gasteiger partial charge in [-0.2, -0.15) is 16.8 Å². The number of rotatable bonds is 12. The Hall–Kier alpha value is -2.00. The number of phenolic OH excluding ortho intramolecular Hbond substituents is 1. The molecule has 0 bridgehead atoms. The van der Waals surface area contributed by atoms with Gasteiger partial charge in [0.25, 0.3) is 20.2 Å². The molecule has 2 unspecified atom stereocenters. The van der Waals surface area contributed by atoms with Crippen molar-refractivity contribution in [3.05, 3.63) is 42.5 Å². The molecule has 3 aromatic carbocycles. The zero-order chi connectivity index (χ0) is 31.4. The second-order valence-corrected chi connectivity index (χ2v) is 14.7. The molecule has 5 N–H and O–H groups in total. The summed E-state index contributed by atoms with van der Waals surface area (Å²) in [6, 6.07) is 8.53. The predicted octanol–water partition coefficient (Wildman–Crippen LogP) is 5.69. The summed E-state index contributed by atoms with van der Waals surface area (Å²) in [5.74, 6) is -1.38. The van der Waals surface area contributed by atoms with E-state index < -0.39 is 62.7 Å². The Labute approximate surface area is 273 Å². The van der Waals surface area contributed by atoms with Crippen LogP contribution in [-0.2, 0) is 29.8 Å². The molecule has 0 fully saturated rings. The first-order valence-electron chi connectivity index (χ1n) is 11.3. The topological polar surface area (TPSA) is 212 Å². The molecule has 0 heterocycles. The smallest absolute Gasteiger partial charge is 0.296 e. The van der Waals surface area contributed by atoms with Crippen molar-refractivity contribution in [1.29, 1.82) is 0 Å². The normalized spacial score (nSPS) is 13.7. The first-order chi connectivity index (χ1) is 19.6. The summed E-state index contributed by atoms with van der Waals surface area (Å²) in [5, 5.41) is 24.6. The van der Waals surface area contributed by atoms with Crippen molar-refractivity contribution >= 4 is 129 Å². The molecule has 0 aliphatic heterocycles. The number of alkyl halides is 4. The van der Waals surface area contributed by atoms with Gasteiger partial charge < -0.3 is 15.7 Å². The molecule has 13 nitrogen and oxygen atoms in total. The Bertz CT molecular complexity index is 1790. The average molecular weight is 880 g/mol. The molecule has 3 rings (SSSR count). The fourth-order valence-electron chi connectivity index (χ4n) is 3.43. The number of hydrogen-bond donors (Lipinski definition) is 5. The molecule has 0 spiro atoms. The van der Waals surface area contributed by atoms with E-state index in [0.29, 0.717) is 11.0 Å². The molecule has 42 heavy (non-hydrogen) atoms. The molecule has 0 saturated carbocycles. The molecule has 19 heteroatoms. The number of halogens is 4. The Morgan fingerprint density at radius 3 is 2.05 bits per heavy atom. The van der Waals surface area contributed by atoms with Crippen LogP contribution in [-0.4, -0.2) is 69.6 Å². The minimum atomic E-state index is -5.01. The highest BCUT2D eigenvalue weighted by Gasteiger charge is 2.24. The van der Waals surface area contributed by atoms with E-state index in [1.54, 1.807) is 0 Å². The van der Waals surface area contributed by atoms with E-state index in [0.717, 1.165) is 18.2 Å².